The third-order valence-electron chi connectivity index (χ3n) is 2.73. The van der Waals surface area contributed by atoms with Gasteiger partial charge in [-0.05, 0) is 6.07 Å². The highest BCUT2D eigenvalue weighted by molar-refractivity contribution is 8.03. The van der Waals surface area contributed by atoms with Gasteiger partial charge in [0.05, 0.1) is 0 Å². The van der Waals surface area contributed by atoms with Crippen molar-refractivity contribution < 1.29 is 4.39 Å². The van der Waals surface area contributed by atoms with Crippen molar-refractivity contribution in [2.24, 2.45) is 0 Å². The molecule has 3 nitrogen and oxygen atoms in total. The summed E-state index contributed by atoms with van der Waals surface area (Å²) in [6, 6.07) is 12.3. The molecule has 5 heteroatoms. The summed E-state index contributed by atoms with van der Waals surface area (Å²) in [7, 11) is 0. The van der Waals surface area contributed by atoms with Gasteiger partial charge in [0, 0.05) is 29.6 Å². The number of rotatable bonds is 2. The molecule has 0 amide bonds. The number of aromatic nitrogens is 2. The van der Waals surface area contributed by atoms with E-state index in [1.165, 1.54) is 12.1 Å². The van der Waals surface area contributed by atoms with Gasteiger partial charge in [0.25, 0.3) is 0 Å². The molecule has 2 heterocycles. The molecular formula is C14H8FN3S. The molecule has 0 radical (unpaired) electrons. The number of nitrogens with zero attached hydrogens (tertiary/aromatic N) is 3. The molecule has 0 aliphatic carbocycles. The lowest BCUT2D eigenvalue weighted by atomic mass is 10.2. The van der Waals surface area contributed by atoms with E-state index < -0.39 is 0 Å². The number of halogens is 1. The Bertz CT molecular complexity index is 774. The van der Waals surface area contributed by atoms with E-state index in [-0.39, 0.29) is 5.82 Å². The molecule has 0 saturated heterocycles. The maximum Gasteiger partial charge on any atom is 0.141 e. The van der Waals surface area contributed by atoms with Crippen LogP contribution < -0.4 is 0 Å². The van der Waals surface area contributed by atoms with Crippen molar-refractivity contribution in [3.05, 3.63) is 54.5 Å². The first-order valence-electron chi connectivity index (χ1n) is 5.58. The Morgan fingerprint density at radius 3 is 2.74 bits per heavy atom. The summed E-state index contributed by atoms with van der Waals surface area (Å²) < 4.78 is 15.0. The Hall–Kier alpha value is -2.32. The van der Waals surface area contributed by atoms with Gasteiger partial charge in [0.2, 0.25) is 0 Å². The minimum Gasteiger partial charge on any atom is -0.293 e. The van der Waals surface area contributed by atoms with Crippen molar-refractivity contribution in [3.8, 4) is 16.7 Å². The van der Waals surface area contributed by atoms with E-state index in [1.807, 2.05) is 35.7 Å². The van der Waals surface area contributed by atoms with Gasteiger partial charge in [0.15, 0.2) is 0 Å². The number of benzene rings is 1. The van der Waals surface area contributed by atoms with Crippen molar-refractivity contribution >= 4 is 17.4 Å². The van der Waals surface area contributed by atoms with Gasteiger partial charge in [-0.25, -0.2) is 9.37 Å². The number of thiocyanates is 1. The highest BCUT2D eigenvalue weighted by Gasteiger charge is 2.14. The van der Waals surface area contributed by atoms with E-state index in [0.29, 0.717) is 16.4 Å². The molecule has 2 aromatic heterocycles. The lowest BCUT2D eigenvalue weighted by molar-refractivity contribution is 0.625. The number of thioether (sulfide) groups is 1. The summed E-state index contributed by atoms with van der Waals surface area (Å²) in [5, 5.41) is 11.7. The van der Waals surface area contributed by atoms with Gasteiger partial charge in [-0.1, -0.05) is 30.3 Å². The number of pyridine rings is 1. The fraction of sp³-hybridized carbons (Fsp3) is 0. The fourth-order valence-electron chi connectivity index (χ4n) is 1.92. The first-order chi connectivity index (χ1) is 9.29. The standard InChI is InChI=1S/C14H8FN3S/c15-11-6-7-18-12(8-11)17-13(14(18)19-9-16)10-4-2-1-3-5-10/h1-8H. The summed E-state index contributed by atoms with van der Waals surface area (Å²) in [5.41, 5.74) is 2.10. The Morgan fingerprint density at radius 2 is 2.00 bits per heavy atom. The van der Waals surface area contributed by atoms with Gasteiger partial charge >= 0.3 is 0 Å². The number of hydrogen-bond donors (Lipinski definition) is 0. The average molecular weight is 269 g/mol. The van der Waals surface area contributed by atoms with Crippen molar-refractivity contribution in [2.45, 2.75) is 5.03 Å². The molecule has 3 aromatic rings. The SMILES string of the molecule is N#CSc1c(-c2ccccc2)nc2cc(F)ccn12. The van der Waals surface area contributed by atoms with Crippen LogP contribution in [0.3, 0.4) is 0 Å². The van der Waals surface area contributed by atoms with Crippen LogP contribution in [0, 0.1) is 16.5 Å². The van der Waals surface area contributed by atoms with Gasteiger partial charge in [-0.3, -0.25) is 4.40 Å². The molecule has 0 aliphatic rings. The monoisotopic (exact) mass is 269 g/mol. The fourth-order valence-corrected chi connectivity index (χ4v) is 2.52. The Kier molecular flexibility index (Phi) is 2.94. The second-order valence-corrected chi connectivity index (χ2v) is 4.67. The predicted molar refractivity (Wildman–Crippen MR) is 72.1 cm³/mol. The second kappa shape index (κ2) is 4.75. The average Bonchev–Trinajstić information content (AvgIpc) is 2.78. The van der Waals surface area contributed by atoms with E-state index in [1.54, 1.807) is 10.6 Å². The summed E-state index contributed by atoms with van der Waals surface area (Å²) in [4.78, 5) is 4.41. The highest BCUT2D eigenvalue weighted by Crippen LogP contribution is 2.31. The second-order valence-electron chi connectivity index (χ2n) is 3.90. The quantitative estimate of drug-likeness (QED) is 0.526. The van der Waals surface area contributed by atoms with E-state index in [4.69, 9.17) is 5.26 Å². The van der Waals surface area contributed by atoms with E-state index in [0.717, 1.165) is 17.3 Å². The molecular weight excluding hydrogens is 261 g/mol. The molecule has 3 rings (SSSR count). The summed E-state index contributed by atoms with van der Waals surface area (Å²) in [6.07, 6.45) is 1.59. The normalized spacial score (nSPS) is 10.5. The highest BCUT2D eigenvalue weighted by atomic mass is 32.2. The molecule has 0 saturated carbocycles. The molecule has 19 heavy (non-hydrogen) atoms. The summed E-state index contributed by atoms with van der Waals surface area (Å²) >= 11 is 1.02. The van der Waals surface area contributed by atoms with Crippen LogP contribution >= 0.6 is 11.8 Å². The van der Waals surface area contributed by atoms with Gasteiger partial charge in [0.1, 0.15) is 27.6 Å². The van der Waals surface area contributed by atoms with Crippen LogP contribution in [0.25, 0.3) is 16.9 Å². The van der Waals surface area contributed by atoms with Crippen LogP contribution in [0.15, 0.2) is 53.7 Å². The molecule has 0 atom stereocenters. The molecule has 0 unspecified atom stereocenters. The molecule has 0 spiro atoms. The van der Waals surface area contributed by atoms with Crippen LogP contribution in [0.4, 0.5) is 4.39 Å². The molecule has 1 aromatic carbocycles. The zero-order valence-corrected chi connectivity index (χ0v) is 10.6. The Labute approximate surface area is 113 Å². The number of fused-ring (bicyclic) bond motifs is 1. The topological polar surface area (TPSA) is 41.1 Å². The van der Waals surface area contributed by atoms with Crippen LogP contribution in [0.5, 0.6) is 0 Å². The summed E-state index contributed by atoms with van der Waals surface area (Å²) in [6.45, 7) is 0. The largest absolute Gasteiger partial charge is 0.293 e. The van der Waals surface area contributed by atoms with E-state index in [2.05, 4.69) is 4.98 Å². The maximum atomic E-state index is 13.2. The lowest BCUT2D eigenvalue weighted by Gasteiger charge is -1.99. The third kappa shape index (κ3) is 2.07. The molecule has 0 N–H and O–H groups in total. The van der Waals surface area contributed by atoms with Gasteiger partial charge in [-0.2, -0.15) is 5.26 Å². The number of hydrogen-bond acceptors (Lipinski definition) is 3. The van der Waals surface area contributed by atoms with Crippen molar-refractivity contribution in [1.29, 1.82) is 5.26 Å². The zero-order valence-electron chi connectivity index (χ0n) is 9.75. The number of nitriles is 1. The molecule has 0 aliphatic heterocycles. The van der Waals surface area contributed by atoms with E-state index >= 15 is 0 Å². The zero-order chi connectivity index (χ0) is 13.2. The van der Waals surface area contributed by atoms with Gasteiger partial charge < -0.3 is 0 Å². The predicted octanol–water partition coefficient (Wildman–Crippen LogP) is 3.71. The van der Waals surface area contributed by atoms with Crippen molar-refractivity contribution in [1.82, 2.24) is 9.38 Å². The number of imidazole rings is 1. The Morgan fingerprint density at radius 1 is 1.21 bits per heavy atom. The van der Waals surface area contributed by atoms with Gasteiger partial charge in [-0.15, -0.1) is 0 Å². The van der Waals surface area contributed by atoms with Crippen molar-refractivity contribution in [2.75, 3.05) is 0 Å². The minimum atomic E-state index is -0.342. The minimum absolute atomic E-state index is 0.342. The molecule has 0 fully saturated rings. The Balaban J connectivity index is 2.29. The van der Waals surface area contributed by atoms with Crippen LogP contribution in [-0.2, 0) is 0 Å². The molecule has 92 valence electrons. The first kappa shape index (κ1) is 11.8. The van der Waals surface area contributed by atoms with Crippen LogP contribution in [0.2, 0.25) is 0 Å². The van der Waals surface area contributed by atoms with Crippen LogP contribution in [0.1, 0.15) is 0 Å². The van der Waals surface area contributed by atoms with Crippen LogP contribution in [-0.4, -0.2) is 9.38 Å². The third-order valence-corrected chi connectivity index (χ3v) is 3.41. The maximum absolute atomic E-state index is 13.2. The van der Waals surface area contributed by atoms with E-state index in [9.17, 15) is 4.39 Å². The molecule has 0 bridgehead atoms. The summed E-state index contributed by atoms with van der Waals surface area (Å²) in [5.74, 6) is -0.342. The first-order valence-corrected chi connectivity index (χ1v) is 6.40. The lowest BCUT2D eigenvalue weighted by Crippen LogP contribution is -1.87. The smallest absolute Gasteiger partial charge is 0.141 e. The van der Waals surface area contributed by atoms with Crippen molar-refractivity contribution in [3.63, 3.8) is 0 Å².